The maximum atomic E-state index is 13.3. The average Bonchev–Trinajstić information content (AvgIpc) is 2.74. The number of hydrogen-bond donors (Lipinski definition) is 3. The molecule has 0 aliphatic heterocycles. The van der Waals surface area contributed by atoms with Crippen LogP contribution in [0.3, 0.4) is 0 Å². The van der Waals surface area contributed by atoms with Crippen LogP contribution in [0.2, 0.25) is 0 Å². The summed E-state index contributed by atoms with van der Waals surface area (Å²) in [6, 6.07) is 3.75. The first-order chi connectivity index (χ1) is 9.88. The molecule has 5 nitrogen and oxygen atoms in total. The summed E-state index contributed by atoms with van der Waals surface area (Å²) in [5.74, 6) is -1.36. The lowest BCUT2D eigenvalue weighted by Gasteiger charge is -2.28. The molecule has 1 aliphatic rings. The Kier molecular flexibility index (Phi) is 4.45. The molecule has 0 unspecified atom stereocenters. The predicted octanol–water partition coefficient (Wildman–Crippen LogP) is 3.04. The van der Waals surface area contributed by atoms with Gasteiger partial charge in [-0.3, -0.25) is 4.79 Å². The third-order valence-electron chi connectivity index (χ3n) is 3.73. The highest BCUT2D eigenvalue weighted by atomic mass is 19.1. The first-order valence-electron chi connectivity index (χ1n) is 6.97. The van der Waals surface area contributed by atoms with E-state index in [4.69, 9.17) is 5.11 Å². The summed E-state index contributed by atoms with van der Waals surface area (Å²) in [7, 11) is 0. The number of nitrogens with one attached hydrogen (secondary N) is 2. The summed E-state index contributed by atoms with van der Waals surface area (Å²) in [5.41, 5.74) is 0.359. The molecule has 0 heterocycles. The van der Waals surface area contributed by atoms with Gasteiger partial charge in [0.25, 0.3) is 0 Å². The molecule has 0 aromatic heterocycles. The Hall–Kier alpha value is -2.11. The van der Waals surface area contributed by atoms with Gasteiger partial charge in [-0.2, -0.15) is 0 Å². The fraction of sp³-hybridized carbons (Fsp3) is 0.467. The topological polar surface area (TPSA) is 78.4 Å². The van der Waals surface area contributed by atoms with Crippen molar-refractivity contribution < 1.29 is 19.1 Å². The summed E-state index contributed by atoms with van der Waals surface area (Å²) < 4.78 is 13.3. The molecular weight excluding hydrogens is 275 g/mol. The second kappa shape index (κ2) is 6.11. The molecule has 114 valence electrons. The van der Waals surface area contributed by atoms with Crippen molar-refractivity contribution >= 4 is 17.7 Å². The molecule has 1 aliphatic carbocycles. The Morgan fingerprint density at radius 3 is 2.52 bits per heavy atom. The van der Waals surface area contributed by atoms with E-state index in [1.165, 1.54) is 12.1 Å². The minimum Gasteiger partial charge on any atom is -0.481 e. The molecule has 0 spiro atoms. The van der Waals surface area contributed by atoms with Crippen LogP contribution in [0.1, 0.15) is 37.7 Å². The van der Waals surface area contributed by atoms with Crippen LogP contribution in [-0.2, 0) is 4.79 Å². The van der Waals surface area contributed by atoms with Gasteiger partial charge < -0.3 is 15.7 Å². The molecule has 0 radical (unpaired) electrons. The molecule has 0 saturated heterocycles. The van der Waals surface area contributed by atoms with E-state index in [0.29, 0.717) is 24.1 Å². The number of halogens is 1. The Morgan fingerprint density at radius 2 is 1.95 bits per heavy atom. The largest absolute Gasteiger partial charge is 0.481 e. The van der Waals surface area contributed by atoms with Crippen LogP contribution in [-0.4, -0.2) is 22.6 Å². The van der Waals surface area contributed by atoms with Gasteiger partial charge in [-0.15, -0.1) is 0 Å². The third-order valence-corrected chi connectivity index (χ3v) is 3.73. The summed E-state index contributed by atoms with van der Waals surface area (Å²) in [4.78, 5) is 23.0. The van der Waals surface area contributed by atoms with Gasteiger partial charge in [-0.25, -0.2) is 9.18 Å². The van der Waals surface area contributed by atoms with Gasteiger partial charge >= 0.3 is 12.0 Å². The quantitative estimate of drug-likeness (QED) is 0.798. The van der Waals surface area contributed by atoms with Gasteiger partial charge in [-0.05, 0) is 43.5 Å². The van der Waals surface area contributed by atoms with Crippen LogP contribution < -0.4 is 10.6 Å². The molecule has 2 rings (SSSR count). The monoisotopic (exact) mass is 294 g/mol. The number of urea groups is 1. The van der Waals surface area contributed by atoms with Gasteiger partial charge in [-0.1, -0.05) is 12.8 Å². The van der Waals surface area contributed by atoms with E-state index in [9.17, 15) is 14.0 Å². The normalized spacial score (nSPS) is 16.5. The molecule has 6 heteroatoms. The average molecular weight is 294 g/mol. The molecule has 3 N–H and O–H groups in total. The molecule has 0 bridgehead atoms. The molecule has 1 aromatic carbocycles. The van der Waals surface area contributed by atoms with E-state index < -0.39 is 23.4 Å². The second-order valence-electron chi connectivity index (χ2n) is 5.65. The minimum absolute atomic E-state index is 0.0946. The van der Waals surface area contributed by atoms with Crippen LogP contribution in [0.5, 0.6) is 0 Å². The SMILES string of the molecule is Cc1cc(F)cc(NC(=O)NC2(CC(=O)O)CCCC2)c1. The smallest absolute Gasteiger partial charge is 0.319 e. The fourth-order valence-electron chi connectivity index (χ4n) is 2.90. The number of carboxylic acid groups (broad SMARTS) is 1. The number of carboxylic acids is 1. The van der Waals surface area contributed by atoms with Crippen molar-refractivity contribution in [2.24, 2.45) is 0 Å². The van der Waals surface area contributed by atoms with Crippen LogP contribution >= 0.6 is 0 Å². The maximum absolute atomic E-state index is 13.3. The summed E-state index contributed by atoms with van der Waals surface area (Å²) in [5, 5.41) is 14.3. The van der Waals surface area contributed by atoms with Crippen molar-refractivity contribution in [1.29, 1.82) is 0 Å². The second-order valence-corrected chi connectivity index (χ2v) is 5.65. The molecule has 1 fully saturated rings. The molecule has 0 atom stereocenters. The van der Waals surface area contributed by atoms with Crippen molar-refractivity contribution in [3.8, 4) is 0 Å². The van der Waals surface area contributed by atoms with Gasteiger partial charge in [0.15, 0.2) is 0 Å². The summed E-state index contributed by atoms with van der Waals surface area (Å²) >= 11 is 0. The highest BCUT2D eigenvalue weighted by Gasteiger charge is 2.37. The van der Waals surface area contributed by atoms with E-state index in [1.807, 2.05) is 0 Å². The first-order valence-corrected chi connectivity index (χ1v) is 6.97. The molecule has 1 saturated carbocycles. The molecular formula is C15H19FN2O3. The standard InChI is InChI=1S/C15H19FN2O3/c1-10-6-11(16)8-12(7-10)17-14(21)18-15(9-13(19)20)4-2-3-5-15/h6-8H,2-5,9H2,1H3,(H,19,20)(H2,17,18,21). The van der Waals surface area contributed by atoms with Crippen LogP contribution in [0.25, 0.3) is 0 Å². The summed E-state index contributed by atoms with van der Waals surface area (Å²) in [6.07, 6.45) is 2.99. The van der Waals surface area contributed by atoms with Crippen LogP contribution in [0.4, 0.5) is 14.9 Å². The lowest BCUT2D eigenvalue weighted by Crippen LogP contribution is -2.49. The van der Waals surface area contributed by atoms with Gasteiger partial charge in [0.2, 0.25) is 0 Å². The Morgan fingerprint density at radius 1 is 1.29 bits per heavy atom. The van der Waals surface area contributed by atoms with Crippen LogP contribution in [0.15, 0.2) is 18.2 Å². The number of carbonyl (C=O) groups excluding carboxylic acids is 1. The fourth-order valence-corrected chi connectivity index (χ4v) is 2.90. The Bertz CT molecular complexity index is 534. The maximum Gasteiger partial charge on any atom is 0.319 e. The highest BCUT2D eigenvalue weighted by molar-refractivity contribution is 5.90. The van der Waals surface area contributed by atoms with Gasteiger partial charge in [0.05, 0.1) is 12.0 Å². The molecule has 2 amide bonds. The van der Waals surface area contributed by atoms with E-state index in [1.54, 1.807) is 13.0 Å². The zero-order valence-electron chi connectivity index (χ0n) is 11.9. The number of benzene rings is 1. The van der Waals surface area contributed by atoms with Crippen LogP contribution in [0, 0.1) is 12.7 Å². The van der Waals surface area contributed by atoms with Crippen molar-refractivity contribution in [2.75, 3.05) is 5.32 Å². The Labute approximate surface area is 122 Å². The first kappa shape index (κ1) is 15.3. The third kappa shape index (κ3) is 4.18. The minimum atomic E-state index is -0.932. The number of hydrogen-bond acceptors (Lipinski definition) is 2. The van der Waals surface area contributed by atoms with Crippen molar-refractivity contribution in [3.05, 3.63) is 29.6 Å². The number of carbonyl (C=O) groups is 2. The zero-order chi connectivity index (χ0) is 15.5. The number of aryl methyl sites for hydroxylation is 1. The van der Waals surface area contributed by atoms with Gasteiger partial charge in [0.1, 0.15) is 5.82 Å². The van der Waals surface area contributed by atoms with Gasteiger partial charge in [0, 0.05) is 5.69 Å². The van der Waals surface area contributed by atoms with Crippen molar-refractivity contribution in [1.82, 2.24) is 5.32 Å². The van der Waals surface area contributed by atoms with E-state index >= 15 is 0 Å². The zero-order valence-corrected chi connectivity index (χ0v) is 11.9. The molecule has 21 heavy (non-hydrogen) atoms. The number of rotatable bonds is 4. The number of aliphatic carboxylic acids is 1. The number of amides is 2. The van der Waals surface area contributed by atoms with E-state index in [0.717, 1.165) is 12.8 Å². The molecule has 1 aromatic rings. The number of anilines is 1. The highest BCUT2D eigenvalue weighted by Crippen LogP contribution is 2.32. The van der Waals surface area contributed by atoms with E-state index in [-0.39, 0.29) is 6.42 Å². The van der Waals surface area contributed by atoms with Crippen molar-refractivity contribution in [3.63, 3.8) is 0 Å². The predicted molar refractivity (Wildman–Crippen MR) is 76.7 cm³/mol. The lowest BCUT2D eigenvalue weighted by atomic mass is 9.93. The van der Waals surface area contributed by atoms with Crippen molar-refractivity contribution in [2.45, 2.75) is 44.6 Å². The summed E-state index contributed by atoms with van der Waals surface area (Å²) in [6.45, 7) is 1.73. The van der Waals surface area contributed by atoms with E-state index in [2.05, 4.69) is 10.6 Å². The lowest BCUT2D eigenvalue weighted by molar-refractivity contribution is -0.138. The Balaban J connectivity index is 2.04.